The van der Waals surface area contributed by atoms with Gasteiger partial charge >= 0.3 is 0 Å². The Hall–Kier alpha value is -2.53. The quantitative estimate of drug-likeness (QED) is 0.401. The minimum absolute atomic E-state index is 0.0744. The summed E-state index contributed by atoms with van der Waals surface area (Å²) >= 11 is 4.46. The molecule has 11 heteroatoms. The Kier molecular flexibility index (Phi) is 5.78. The van der Waals surface area contributed by atoms with Crippen LogP contribution in [0.2, 0.25) is 0 Å². The van der Waals surface area contributed by atoms with Crippen LogP contribution in [0, 0.1) is 0 Å². The molecule has 3 N–H and O–H groups in total. The number of carbonyl (C=O) groups is 2. The molecule has 0 atom stereocenters. The second kappa shape index (κ2) is 8.23. The second-order valence-corrected chi connectivity index (χ2v) is 6.91. The van der Waals surface area contributed by atoms with Crippen LogP contribution in [0.5, 0.6) is 0 Å². The molecule has 3 heterocycles. The molecule has 0 saturated heterocycles. The Labute approximate surface area is 161 Å². The minimum atomic E-state index is -0.439. The van der Waals surface area contributed by atoms with Crippen molar-refractivity contribution in [1.82, 2.24) is 30.6 Å². The van der Waals surface area contributed by atoms with Crippen molar-refractivity contribution in [3.05, 3.63) is 40.8 Å². The number of hydrogen-bond donors (Lipinski definition) is 3. The van der Waals surface area contributed by atoms with Crippen LogP contribution >= 0.6 is 27.7 Å². The number of rotatable bonds is 6. The Morgan fingerprint density at radius 1 is 1.38 bits per heavy atom. The third-order valence-electron chi connectivity index (χ3n) is 3.31. The number of nitrogens with one attached hydrogen (secondary N) is 3. The van der Waals surface area contributed by atoms with E-state index >= 15 is 0 Å². The lowest BCUT2D eigenvalue weighted by atomic mass is 10.4. The van der Waals surface area contributed by atoms with E-state index in [-0.39, 0.29) is 11.7 Å². The smallest absolute Gasteiger partial charge is 0.286 e. The van der Waals surface area contributed by atoms with Crippen LogP contribution in [0.1, 0.15) is 17.4 Å². The van der Waals surface area contributed by atoms with E-state index in [0.717, 1.165) is 4.47 Å². The van der Waals surface area contributed by atoms with E-state index in [1.165, 1.54) is 11.8 Å². The first-order valence-corrected chi connectivity index (χ1v) is 9.39. The van der Waals surface area contributed by atoms with Gasteiger partial charge in [-0.2, -0.15) is 0 Å². The molecule has 3 rings (SSSR count). The summed E-state index contributed by atoms with van der Waals surface area (Å²) in [7, 11) is 0. The molecule has 3 aromatic heterocycles. The molecular formula is C15H15BrN6O3S. The largest absolute Gasteiger partial charge is 0.461 e. The summed E-state index contributed by atoms with van der Waals surface area (Å²) in [6.45, 7) is 2.58. The zero-order valence-corrected chi connectivity index (χ0v) is 16.1. The number of hydrogen-bond acceptors (Lipinski definition) is 6. The Bertz CT molecular complexity index is 905. The summed E-state index contributed by atoms with van der Waals surface area (Å²) in [5.41, 5.74) is 5.04. The summed E-state index contributed by atoms with van der Waals surface area (Å²) in [4.78, 5) is 26.6. The lowest BCUT2D eigenvalue weighted by Gasteiger charge is -2.07. The Morgan fingerprint density at radius 3 is 2.88 bits per heavy atom. The predicted molar refractivity (Wildman–Crippen MR) is 98.2 cm³/mol. The van der Waals surface area contributed by atoms with Gasteiger partial charge in [-0.15, -0.1) is 10.2 Å². The molecule has 0 aliphatic heterocycles. The fourth-order valence-corrected chi connectivity index (χ4v) is 3.27. The number of hydrazine groups is 1. The summed E-state index contributed by atoms with van der Waals surface area (Å²) < 4.78 is 7.94. The molecule has 0 fully saturated rings. The number of furan rings is 1. The van der Waals surface area contributed by atoms with E-state index in [2.05, 4.69) is 42.0 Å². The highest BCUT2D eigenvalue weighted by atomic mass is 79.9. The van der Waals surface area contributed by atoms with Gasteiger partial charge < -0.3 is 9.40 Å². The zero-order chi connectivity index (χ0) is 18.5. The third kappa shape index (κ3) is 4.17. The van der Waals surface area contributed by atoms with E-state index in [4.69, 9.17) is 4.42 Å². The number of aromatic amines is 1. The molecule has 0 radical (unpaired) electrons. The highest BCUT2D eigenvalue weighted by Gasteiger charge is 2.16. The molecule has 0 aliphatic carbocycles. The van der Waals surface area contributed by atoms with E-state index in [1.54, 1.807) is 30.7 Å². The van der Waals surface area contributed by atoms with Crippen LogP contribution in [-0.2, 0) is 11.3 Å². The van der Waals surface area contributed by atoms with Crippen LogP contribution < -0.4 is 10.9 Å². The van der Waals surface area contributed by atoms with E-state index < -0.39 is 5.91 Å². The lowest BCUT2D eigenvalue weighted by Crippen LogP contribution is -2.42. The number of carbonyl (C=O) groups excluding carboxylic acids is 2. The molecule has 0 unspecified atom stereocenters. The summed E-state index contributed by atoms with van der Waals surface area (Å²) in [6, 6.07) is 5.18. The average Bonchev–Trinajstić information content (AvgIpc) is 3.37. The first kappa shape index (κ1) is 18.3. The van der Waals surface area contributed by atoms with Gasteiger partial charge in [0.15, 0.2) is 16.7 Å². The number of amides is 2. The standard InChI is InChI=1S/C15H15BrN6O3S/c1-2-22-13(11-4-3-5-25-11)19-21-15(22)26-8-12(23)18-20-14(24)10-6-9(16)7-17-10/h3-7,17H,2,8H2,1H3,(H,18,23)(H,20,24). The van der Waals surface area contributed by atoms with Gasteiger partial charge in [0.2, 0.25) is 5.91 Å². The van der Waals surface area contributed by atoms with Gasteiger partial charge in [-0.1, -0.05) is 11.8 Å². The topological polar surface area (TPSA) is 118 Å². The number of thioether (sulfide) groups is 1. The average molecular weight is 439 g/mol. The molecule has 0 saturated carbocycles. The van der Waals surface area contributed by atoms with E-state index in [0.29, 0.717) is 29.0 Å². The van der Waals surface area contributed by atoms with Crippen molar-refractivity contribution in [3.63, 3.8) is 0 Å². The van der Waals surface area contributed by atoms with Gasteiger partial charge in [0.1, 0.15) is 5.69 Å². The summed E-state index contributed by atoms with van der Waals surface area (Å²) in [5, 5.41) is 8.80. The van der Waals surface area contributed by atoms with Crippen LogP contribution in [0.3, 0.4) is 0 Å². The van der Waals surface area contributed by atoms with Crippen LogP contribution in [0.15, 0.2) is 44.7 Å². The van der Waals surface area contributed by atoms with Crippen molar-refractivity contribution in [2.75, 3.05) is 5.75 Å². The molecule has 3 aromatic rings. The highest BCUT2D eigenvalue weighted by molar-refractivity contribution is 9.10. The van der Waals surface area contributed by atoms with Crippen molar-refractivity contribution in [3.8, 4) is 11.6 Å². The zero-order valence-electron chi connectivity index (χ0n) is 13.7. The number of nitrogens with zero attached hydrogens (tertiary/aromatic N) is 3. The fraction of sp³-hybridized carbons (Fsp3) is 0.200. The van der Waals surface area contributed by atoms with Crippen LogP contribution in [0.4, 0.5) is 0 Å². The molecule has 0 aromatic carbocycles. The maximum absolute atomic E-state index is 12.0. The molecule has 9 nitrogen and oxygen atoms in total. The molecular weight excluding hydrogens is 424 g/mol. The predicted octanol–water partition coefficient (Wildman–Crippen LogP) is 2.20. The molecule has 2 amide bonds. The van der Waals surface area contributed by atoms with Gasteiger partial charge in [-0.25, -0.2) is 0 Å². The van der Waals surface area contributed by atoms with Crippen molar-refractivity contribution < 1.29 is 14.0 Å². The number of aromatic nitrogens is 4. The maximum atomic E-state index is 12.0. The molecule has 0 aliphatic rings. The van der Waals surface area contributed by atoms with Gasteiger partial charge in [0.25, 0.3) is 5.91 Å². The number of H-pyrrole nitrogens is 1. The highest BCUT2D eigenvalue weighted by Crippen LogP contribution is 2.23. The second-order valence-electron chi connectivity index (χ2n) is 5.05. The minimum Gasteiger partial charge on any atom is -0.461 e. The Balaban J connectivity index is 1.54. The lowest BCUT2D eigenvalue weighted by molar-refractivity contribution is -0.119. The van der Waals surface area contributed by atoms with Gasteiger partial charge in [-0.05, 0) is 41.1 Å². The van der Waals surface area contributed by atoms with E-state index in [9.17, 15) is 9.59 Å². The molecule has 136 valence electrons. The molecule has 26 heavy (non-hydrogen) atoms. The number of halogens is 1. The summed E-state index contributed by atoms with van der Waals surface area (Å²) in [5.74, 6) is 0.487. The first-order valence-electron chi connectivity index (χ1n) is 7.61. The van der Waals surface area contributed by atoms with Gasteiger partial charge in [0, 0.05) is 17.2 Å². The van der Waals surface area contributed by atoms with Crippen molar-refractivity contribution in [1.29, 1.82) is 0 Å². The van der Waals surface area contributed by atoms with Crippen molar-refractivity contribution in [2.24, 2.45) is 0 Å². The molecule has 0 bridgehead atoms. The monoisotopic (exact) mass is 438 g/mol. The SMILES string of the molecule is CCn1c(SCC(=O)NNC(=O)c2cc(Br)c[nH]2)nnc1-c1ccco1. The van der Waals surface area contributed by atoms with Crippen LogP contribution in [0.25, 0.3) is 11.6 Å². The van der Waals surface area contributed by atoms with Crippen molar-refractivity contribution in [2.45, 2.75) is 18.6 Å². The van der Waals surface area contributed by atoms with Gasteiger partial charge in [-0.3, -0.25) is 25.0 Å². The molecule has 0 spiro atoms. The summed E-state index contributed by atoms with van der Waals surface area (Å²) in [6.07, 6.45) is 3.19. The van der Waals surface area contributed by atoms with Crippen LogP contribution in [-0.4, -0.2) is 37.3 Å². The fourth-order valence-electron chi connectivity index (χ4n) is 2.13. The van der Waals surface area contributed by atoms with Gasteiger partial charge in [0.05, 0.1) is 12.0 Å². The Morgan fingerprint density at radius 2 is 2.23 bits per heavy atom. The van der Waals surface area contributed by atoms with Crippen molar-refractivity contribution >= 4 is 39.5 Å². The third-order valence-corrected chi connectivity index (χ3v) is 4.74. The first-order chi connectivity index (χ1) is 12.6. The normalized spacial score (nSPS) is 10.7. The van der Waals surface area contributed by atoms with E-state index in [1.807, 2.05) is 11.5 Å². The maximum Gasteiger partial charge on any atom is 0.286 e.